The minimum absolute atomic E-state index is 0.00191. The largest absolute Gasteiger partial charge is 0.354 e. The molecule has 1 aliphatic rings. The molecule has 1 saturated heterocycles. The van der Waals surface area contributed by atoms with Crippen molar-refractivity contribution in [3.63, 3.8) is 0 Å². The van der Waals surface area contributed by atoms with Crippen LogP contribution in [0.2, 0.25) is 0 Å². The molecule has 1 unspecified atom stereocenters. The van der Waals surface area contributed by atoms with Crippen LogP contribution in [0, 0.1) is 0 Å². The van der Waals surface area contributed by atoms with Crippen LogP contribution in [-0.4, -0.2) is 74.1 Å². The average molecular weight is 392 g/mol. The fourth-order valence-corrected chi connectivity index (χ4v) is 4.76. The molecule has 27 heavy (non-hydrogen) atoms. The Balaban J connectivity index is 1.71. The molecule has 146 valence electrons. The first-order valence-corrected chi connectivity index (χ1v) is 10.6. The van der Waals surface area contributed by atoms with E-state index in [4.69, 9.17) is 4.52 Å². The lowest BCUT2D eigenvalue weighted by molar-refractivity contribution is 0.186. The summed E-state index contributed by atoms with van der Waals surface area (Å²) in [5.41, 5.74) is 0.858. The Kier molecular flexibility index (Phi) is 5.81. The van der Waals surface area contributed by atoms with Crippen molar-refractivity contribution < 1.29 is 17.7 Å². The molecule has 1 N–H and O–H groups in total. The molecule has 2 aromatic rings. The van der Waals surface area contributed by atoms with E-state index >= 15 is 0 Å². The predicted molar refractivity (Wildman–Crippen MR) is 103 cm³/mol. The Hall–Kier alpha value is -2.39. The normalized spacial score (nSPS) is 18.6. The minimum Gasteiger partial charge on any atom is -0.354 e. The molecule has 1 fully saturated rings. The van der Waals surface area contributed by atoms with Crippen LogP contribution in [0.5, 0.6) is 0 Å². The van der Waals surface area contributed by atoms with Crippen LogP contribution in [0.1, 0.15) is 6.42 Å². The summed E-state index contributed by atoms with van der Waals surface area (Å²) in [5, 5.41) is 6.63. The number of anilines is 1. The molecule has 2 heterocycles. The number of benzene rings is 1. The van der Waals surface area contributed by atoms with Gasteiger partial charge in [0.05, 0.1) is 11.5 Å². The van der Waals surface area contributed by atoms with Crippen LogP contribution >= 0.6 is 0 Å². The van der Waals surface area contributed by atoms with Gasteiger partial charge in [-0.05, 0) is 20.5 Å². The summed E-state index contributed by atoms with van der Waals surface area (Å²) in [6, 6.07) is 10.4. The fourth-order valence-electron chi connectivity index (χ4n) is 3.03. The van der Waals surface area contributed by atoms with E-state index in [2.05, 4.69) is 10.5 Å². The highest BCUT2D eigenvalue weighted by molar-refractivity contribution is 7.91. The van der Waals surface area contributed by atoms with Crippen molar-refractivity contribution in [3.05, 3.63) is 36.4 Å². The van der Waals surface area contributed by atoms with Crippen LogP contribution in [0.25, 0.3) is 11.3 Å². The van der Waals surface area contributed by atoms with E-state index in [0.29, 0.717) is 31.1 Å². The predicted octanol–water partition coefficient (Wildman–Crippen LogP) is 1.92. The van der Waals surface area contributed by atoms with E-state index < -0.39 is 9.84 Å². The van der Waals surface area contributed by atoms with Gasteiger partial charge in [0.2, 0.25) is 0 Å². The minimum atomic E-state index is -3.09. The summed E-state index contributed by atoms with van der Waals surface area (Å²) in [6.45, 7) is 1.07. The number of carbonyl (C=O) groups excluding carboxylic acids is 1. The van der Waals surface area contributed by atoms with E-state index in [1.807, 2.05) is 49.3 Å². The second-order valence-corrected chi connectivity index (χ2v) is 9.15. The van der Waals surface area contributed by atoms with Crippen molar-refractivity contribution in [3.8, 4) is 11.3 Å². The van der Waals surface area contributed by atoms with Gasteiger partial charge in [0.15, 0.2) is 21.4 Å². The Bertz CT molecular complexity index is 880. The third-order valence-corrected chi connectivity index (χ3v) is 6.25. The zero-order chi connectivity index (χ0) is 19.4. The second kappa shape index (κ2) is 8.10. The third kappa shape index (κ3) is 5.08. The maximum absolute atomic E-state index is 12.8. The smallest absolute Gasteiger partial charge is 0.323 e. The summed E-state index contributed by atoms with van der Waals surface area (Å²) in [4.78, 5) is 16.3. The molecule has 1 aromatic carbocycles. The van der Waals surface area contributed by atoms with Gasteiger partial charge in [0, 0.05) is 30.8 Å². The van der Waals surface area contributed by atoms with Gasteiger partial charge in [-0.2, -0.15) is 0 Å². The number of nitrogens with one attached hydrogen (secondary N) is 1. The quantitative estimate of drug-likeness (QED) is 0.807. The first kappa shape index (κ1) is 19.4. The highest BCUT2D eigenvalue weighted by Gasteiger charge is 2.34. The number of likely N-dealkylation sites (N-methyl/N-ethyl adjacent to an activating group) is 1. The first-order chi connectivity index (χ1) is 12.8. The molecule has 0 saturated carbocycles. The number of carbonyl (C=O) groups is 1. The number of hydrogen-bond donors (Lipinski definition) is 1. The molecule has 0 aliphatic carbocycles. The van der Waals surface area contributed by atoms with Gasteiger partial charge in [0.25, 0.3) is 0 Å². The van der Waals surface area contributed by atoms with E-state index in [0.717, 1.165) is 5.56 Å². The molecular formula is C18H24N4O4S. The molecule has 3 rings (SSSR count). The second-order valence-electron chi connectivity index (χ2n) is 6.93. The molecule has 0 spiro atoms. The highest BCUT2D eigenvalue weighted by Crippen LogP contribution is 2.23. The molecule has 1 aromatic heterocycles. The van der Waals surface area contributed by atoms with E-state index in [1.165, 1.54) is 0 Å². The monoisotopic (exact) mass is 392 g/mol. The zero-order valence-electron chi connectivity index (χ0n) is 15.5. The Morgan fingerprint density at radius 3 is 2.63 bits per heavy atom. The summed E-state index contributed by atoms with van der Waals surface area (Å²) in [7, 11) is 0.729. The lowest BCUT2D eigenvalue weighted by Gasteiger charge is -2.29. The van der Waals surface area contributed by atoms with Gasteiger partial charge < -0.3 is 14.3 Å². The molecule has 0 radical (unpaired) electrons. The average Bonchev–Trinajstić information content (AvgIpc) is 3.22. The van der Waals surface area contributed by atoms with Crippen molar-refractivity contribution in [2.45, 2.75) is 12.5 Å². The summed E-state index contributed by atoms with van der Waals surface area (Å²) < 4.78 is 29.0. The van der Waals surface area contributed by atoms with Gasteiger partial charge in [0.1, 0.15) is 0 Å². The van der Waals surface area contributed by atoms with Gasteiger partial charge in [-0.15, -0.1) is 0 Å². The number of aromatic nitrogens is 1. The number of amides is 2. The molecular weight excluding hydrogens is 368 g/mol. The Labute approximate surface area is 159 Å². The van der Waals surface area contributed by atoms with Crippen LogP contribution < -0.4 is 5.32 Å². The molecule has 2 amide bonds. The lowest BCUT2D eigenvalue weighted by atomic mass is 10.2. The third-order valence-electron chi connectivity index (χ3n) is 4.50. The molecule has 1 atom stereocenters. The van der Waals surface area contributed by atoms with Crippen LogP contribution in [-0.2, 0) is 9.84 Å². The van der Waals surface area contributed by atoms with Crippen LogP contribution in [0.4, 0.5) is 10.6 Å². The summed E-state index contributed by atoms with van der Waals surface area (Å²) >= 11 is 0. The maximum atomic E-state index is 12.8. The Morgan fingerprint density at radius 1 is 1.26 bits per heavy atom. The summed E-state index contributed by atoms with van der Waals surface area (Å²) in [6.07, 6.45) is 0.456. The van der Waals surface area contributed by atoms with E-state index in [9.17, 15) is 13.2 Å². The highest BCUT2D eigenvalue weighted by atomic mass is 32.2. The van der Waals surface area contributed by atoms with Crippen LogP contribution in [0.3, 0.4) is 0 Å². The number of rotatable bonds is 6. The summed E-state index contributed by atoms with van der Waals surface area (Å²) in [5.74, 6) is 0.969. The fraction of sp³-hybridized carbons (Fsp3) is 0.444. The first-order valence-electron chi connectivity index (χ1n) is 8.79. The van der Waals surface area contributed by atoms with Gasteiger partial charge in [-0.1, -0.05) is 35.5 Å². The van der Waals surface area contributed by atoms with Crippen molar-refractivity contribution in [2.24, 2.45) is 0 Å². The lowest BCUT2D eigenvalue weighted by Crippen LogP contribution is -2.46. The van der Waals surface area contributed by atoms with Crippen molar-refractivity contribution in [1.82, 2.24) is 15.0 Å². The number of sulfone groups is 1. The molecule has 0 bridgehead atoms. The van der Waals surface area contributed by atoms with Gasteiger partial charge in [-0.3, -0.25) is 5.32 Å². The van der Waals surface area contributed by atoms with Crippen molar-refractivity contribution in [2.75, 3.05) is 44.0 Å². The number of nitrogens with zero attached hydrogens (tertiary/aromatic N) is 3. The SMILES string of the molecule is CN(C)CCN(C(=O)Nc1cc(-c2ccccc2)on1)C1CCS(=O)(=O)C1. The van der Waals surface area contributed by atoms with E-state index in [1.54, 1.807) is 11.0 Å². The zero-order valence-corrected chi connectivity index (χ0v) is 16.3. The maximum Gasteiger partial charge on any atom is 0.323 e. The number of hydrogen-bond acceptors (Lipinski definition) is 6. The van der Waals surface area contributed by atoms with Crippen molar-refractivity contribution in [1.29, 1.82) is 0 Å². The topological polar surface area (TPSA) is 95.8 Å². The molecule has 8 nitrogen and oxygen atoms in total. The van der Waals surface area contributed by atoms with Gasteiger partial charge >= 0.3 is 6.03 Å². The number of urea groups is 1. The van der Waals surface area contributed by atoms with E-state index in [-0.39, 0.29) is 23.6 Å². The molecule has 1 aliphatic heterocycles. The standard InChI is InChI=1S/C18H24N4O4S/c1-21(2)9-10-22(15-8-11-27(24,25)13-15)18(23)19-17-12-16(26-20-17)14-6-4-3-5-7-14/h3-7,12,15H,8-11,13H2,1-2H3,(H,19,20,23). The van der Waals surface area contributed by atoms with Crippen molar-refractivity contribution >= 4 is 21.7 Å². The van der Waals surface area contributed by atoms with Crippen LogP contribution in [0.15, 0.2) is 40.9 Å². The molecule has 9 heteroatoms. The Morgan fingerprint density at radius 2 is 2.00 bits per heavy atom. The van der Waals surface area contributed by atoms with Gasteiger partial charge in [-0.25, -0.2) is 13.2 Å².